The van der Waals surface area contributed by atoms with Crippen molar-refractivity contribution in [3.63, 3.8) is 0 Å². The van der Waals surface area contributed by atoms with Crippen LogP contribution in [0.3, 0.4) is 0 Å². The molecule has 2 heterocycles. The normalized spacial score (nSPS) is 19.0. The number of hydrogen-bond acceptors (Lipinski definition) is 2. The van der Waals surface area contributed by atoms with Crippen LogP contribution in [0.5, 0.6) is 0 Å². The van der Waals surface area contributed by atoms with E-state index in [2.05, 4.69) is 32.7 Å². The zero-order valence-corrected chi connectivity index (χ0v) is 13.8. The third-order valence-electron chi connectivity index (χ3n) is 4.43. The highest BCUT2D eigenvalue weighted by molar-refractivity contribution is 5.87. The minimum atomic E-state index is -0.467. The number of nitrogens with zero attached hydrogens (tertiary/aromatic N) is 1. The minimum Gasteiger partial charge on any atom is -0.329 e. The van der Waals surface area contributed by atoms with E-state index in [-0.39, 0.29) is 16.9 Å². The summed E-state index contributed by atoms with van der Waals surface area (Å²) in [4.78, 5) is 25.3. The van der Waals surface area contributed by atoms with Crippen LogP contribution in [0.4, 0.5) is 0 Å². The van der Waals surface area contributed by atoms with Crippen molar-refractivity contribution in [2.75, 3.05) is 0 Å². The number of aromatic nitrogens is 1. The number of amides is 1. The van der Waals surface area contributed by atoms with Gasteiger partial charge in [0.25, 0.3) is 5.56 Å². The maximum Gasteiger partial charge on any atom is 0.259 e. The highest BCUT2D eigenvalue weighted by Crippen LogP contribution is 2.29. The largest absolute Gasteiger partial charge is 0.329 e. The molecular weight excluding hydrogens is 288 g/mol. The number of piperidine rings is 1. The van der Waals surface area contributed by atoms with Crippen molar-refractivity contribution in [1.29, 1.82) is 0 Å². The molecule has 0 bridgehead atoms. The molecule has 4 nitrogen and oxygen atoms in total. The number of carbonyl (C=O) groups is 1. The highest BCUT2D eigenvalue weighted by Gasteiger charge is 2.27. The number of allylic oxidation sites excluding steroid dienone is 1. The van der Waals surface area contributed by atoms with Gasteiger partial charge in [-0.25, -0.2) is 0 Å². The molecule has 0 saturated carbocycles. The summed E-state index contributed by atoms with van der Waals surface area (Å²) in [5.74, 6) is -0.157. The van der Waals surface area contributed by atoms with Crippen LogP contribution in [-0.4, -0.2) is 10.5 Å². The Morgan fingerprint density at radius 2 is 1.96 bits per heavy atom. The second-order valence-corrected chi connectivity index (χ2v) is 7.20. The molecular formula is C19H22N2O2. The lowest BCUT2D eigenvalue weighted by atomic mass is 9.84. The summed E-state index contributed by atoms with van der Waals surface area (Å²) < 4.78 is 1.57. The van der Waals surface area contributed by atoms with Gasteiger partial charge in [0.1, 0.15) is 6.04 Å². The minimum absolute atomic E-state index is 0.0966. The molecule has 120 valence electrons. The van der Waals surface area contributed by atoms with E-state index in [1.807, 2.05) is 24.3 Å². The average molecular weight is 310 g/mol. The number of rotatable bonds is 1. The van der Waals surface area contributed by atoms with Gasteiger partial charge in [-0.3, -0.25) is 9.59 Å². The van der Waals surface area contributed by atoms with Crippen molar-refractivity contribution < 1.29 is 4.79 Å². The van der Waals surface area contributed by atoms with E-state index in [0.717, 1.165) is 16.6 Å². The Labute approximate surface area is 135 Å². The van der Waals surface area contributed by atoms with E-state index >= 15 is 0 Å². The molecule has 2 aromatic rings. The van der Waals surface area contributed by atoms with Gasteiger partial charge in [-0.1, -0.05) is 45.5 Å². The number of hydrogen-bond donors (Lipinski definition) is 1. The molecule has 1 fully saturated rings. The van der Waals surface area contributed by atoms with Crippen LogP contribution in [0.1, 0.15) is 45.2 Å². The molecule has 4 heteroatoms. The Morgan fingerprint density at radius 1 is 1.22 bits per heavy atom. The van der Waals surface area contributed by atoms with E-state index in [1.165, 1.54) is 0 Å². The molecule has 23 heavy (non-hydrogen) atoms. The summed E-state index contributed by atoms with van der Waals surface area (Å²) in [6, 6.07) is 7.37. The molecule has 1 aromatic carbocycles. The van der Waals surface area contributed by atoms with Crippen LogP contribution in [0.25, 0.3) is 10.8 Å². The maximum atomic E-state index is 13.1. The number of benzene rings is 1. The van der Waals surface area contributed by atoms with E-state index in [0.29, 0.717) is 18.2 Å². The molecule has 1 aliphatic rings. The van der Waals surface area contributed by atoms with E-state index in [1.54, 1.807) is 10.8 Å². The molecule has 1 saturated heterocycles. The van der Waals surface area contributed by atoms with Crippen molar-refractivity contribution in [3.8, 4) is 0 Å². The van der Waals surface area contributed by atoms with Crippen molar-refractivity contribution in [3.05, 3.63) is 58.7 Å². The third kappa shape index (κ3) is 2.69. The van der Waals surface area contributed by atoms with Crippen molar-refractivity contribution >= 4 is 16.7 Å². The van der Waals surface area contributed by atoms with E-state index < -0.39 is 6.04 Å². The van der Waals surface area contributed by atoms with Crippen molar-refractivity contribution in [2.45, 2.75) is 45.1 Å². The number of carbonyl (C=O) groups excluding carboxylic acids is 1. The lowest BCUT2D eigenvalue weighted by Gasteiger charge is -2.26. The van der Waals surface area contributed by atoms with Crippen LogP contribution in [-0.2, 0) is 10.2 Å². The molecule has 0 aliphatic carbocycles. The fourth-order valence-electron chi connectivity index (χ4n) is 3.20. The predicted octanol–water partition coefficient (Wildman–Crippen LogP) is 3.26. The first-order valence-corrected chi connectivity index (χ1v) is 7.92. The molecule has 0 radical (unpaired) electrons. The molecule has 1 N–H and O–H groups in total. The fraction of sp³-hybridized carbons (Fsp3) is 0.368. The summed E-state index contributed by atoms with van der Waals surface area (Å²) in [7, 11) is 0. The summed E-state index contributed by atoms with van der Waals surface area (Å²) in [6.07, 6.45) is 3.03. The topological polar surface area (TPSA) is 51.1 Å². The predicted molar refractivity (Wildman–Crippen MR) is 92.5 cm³/mol. The van der Waals surface area contributed by atoms with Crippen molar-refractivity contribution in [2.24, 2.45) is 0 Å². The summed E-state index contributed by atoms with van der Waals surface area (Å²) in [5.41, 5.74) is 1.49. The van der Waals surface area contributed by atoms with Gasteiger partial charge in [-0.05, 0) is 35.3 Å². The third-order valence-corrected chi connectivity index (χ3v) is 4.43. The van der Waals surface area contributed by atoms with Crippen LogP contribution < -0.4 is 10.9 Å². The van der Waals surface area contributed by atoms with Gasteiger partial charge < -0.3 is 9.88 Å². The van der Waals surface area contributed by atoms with Gasteiger partial charge in [0.05, 0.1) is 5.39 Å². The maximum absolute atomic E-state index is 13.1. The van der Waals surface area contributed by atoms with E-state index in [4.69, 9.17) is 0 Å². The SMILES string of the molecule is C=C1CCC(n2ccc3cccc(C(C)(C)C)c3c2=O)C(=O)N1. The standard InChI is InChI=1S/C19H22N2O2/c1-12-8-9-15(17(22)20-12)21-11-10-13-6-5-7-14(19(2,3)4)16(13)18(21)23/h5-7,10-11,15H,1,8-9H2,2-4H3,(H,20,22). The lowest BCUT2D eigenvalue weighted by molar-refractivity contribution is -0.124. The smallest absolute Gasteiger partial charge is 0.259 e. The molecule has 1 amide bonds. The van der Waals surface area contributed by atoms with Gasteiger partial charge in [0.2, 0.25) is 5.91 Å². The Kier molecular flexibility index (Phi) is 3.63. The first kappa shape index (κ1) is 15.5. The van der Waals surface area contributed by atoms with Crippen LogP contribution in [0.15, 0.2) is 47.5 Å². The quantitative estimate of drug-likeness (QED) is 0.879. The molecule has 1 aliphatic heterocycles. The second kappa shape index (κ2) is 5.37. The Morgan fingerprint density at radius 3 is 2.61 bits per heavy atom. The number of nitrogens with one attached hydrogen (secondary N) is 1. The average Bonchev–Trinajstić information content (AvgIpc) is 2.47. The number of pyridine rings is 1. The van der Waals surface area contributed by atoms with Gasteiger partial charge in [0.15, 0.2) is 0 Å². The van der Waals surface area contributed by atoms with Crippen LogP contribution >= 0.6 is 0 Å². The van der Waals surface area contributed by atoms with Crippen molar-refractivity contribution in [1.82, 2.24) is 9.88 Å². The van der Waals surface area contributed by atoms with Gasteiger partial charge in [-0.15, -0.1) is 0 Å². The summed E-state index contributed by atoms with van der Waals surface area (Å²) in [5, 5.41) is 4.38. The van der Waals surface area contributed by atoms with E-state index in [9.17, 15) is 9.59 Å². The summed E-state index contributed by atoms with van der Waals surface area (Å²) in [6.45, 7) is 10.1. The zero-order chi connectivity index (χ0) is 16.8. The van der Waals surface area contributed by atoms with Gasteiger partial charge in [0, 0.05) is 11.9 Å². The summed E-state index contributed by atoms with van der Waals surface area (Å²) >= 11 is 0. The monoisotopic (exact) mass is 310 g/mol. The number of fused-ring (bicyclic) bond motifs is 1. The fourth-order valence-corrected chi connectivity index (χ4v) is 3.20. The first-order valence-electron chi connectivity index (χ1n) is 7.92. The lowest BCUT2D eigenvalue weighted by Crippen LogP contribution is -2.40. The van der Waals surface area contributed by atoms with Gasteiger partial charge >= 0.3 is 0 Å². The van der Waals surface area contributed by atoms with Crippen LogP contribution in [0, 0.1) is 0 Å². The molecule has 1 aromatic heterocycles. The Balaban J connectivity index is 2.21. The second-order valence-electron chi connectivity index (χ2n) is 7.20. The Bertz CT molecular complexity index is 856. The Hall–Kier alpha value is -2.36. The van der Waals surface area contributed by atoms with Crippen LogP contribution in [0.2, 0.25) is 0 Å². The molecule has 3 rings (SSSR count). The highest BCUT2D eigenvalue weighted by atomic mass is 16.2. The molecule has 1 atom stereocenters. The zero-order valence-electron chi connectivity index (χ0n) is 13.8. The van der Waals surface area contributed by atoms with Gasteiger partial charge in [-0.2, -0.15) is 0 Å². The first-order chi connectivity index (χ1) is 10.8. The molecule has 0 spiro atoms. The molecule has 1 unspecified atom stereocenters.